The summed E-state index contributed by atoms with van der Waals surface area (Å²) in [6, 6.07) is -0.630. The molecule has 0 aromatic carbocycles. The van der Waals surface area contributed by atoms with Crippen molar-refractivity contribution in [2.75, 3.05) is 13.2 Å². The molecule has 0 fully saturated rings. The lowest BCUT2D eigenvalue weighted by Gasteiger charge is -2.20. The van der Waals surface area contributed by atoms with Crippen molar-refractivity contribution >= 4 is 11.9 Å². The number of aliphatic hydroxyl groups is 2. The molecule has 0 bridgehead atoms. The topological polar surface area (TPSA) is 95.9 Å². The number of amides is 1. The van der Waals surface area contributed by atoms with Crippen LogP contribution in [-0.4, -0.2) is 47.4 Å². The molecule has 0 spiro atoms. The lowest BCUT2D eigenvalue weighted by molar-refractivity contribution is -0.143. The fourth-order valence-corrected chi connectivity index (χ4v) is 11.7. The Morgan fingerprint density at radius 2 is 0.573 bits per heavy atom. The highest BCUT2D eigenvalue weighted by Crippen LogP contribution is 2.19. The molecule has 6 nitrogen and oxygen atoms in total. The summed E-state index contributed by atoms with van der Waals surface area (Å²) in [5.41, 5.74) is 0. The maximum Gasteiger partial charge on any atom is 0.305 e. The number of ether oxygens (including phenoxy) is 1. The molecule has 2 unspecified atom stereocenters. The lowest BCUT2D eigenvalue weighted by Crippen LogP contribution is -2.45. The third-order valence-corrected chi connectivity index (χ3v) is 17.4. The van der Waals surface area contributed by atoms with E-state index in [0.717, 1.165) is 44.9 Å². The minimum Gasteiger partial charge on any atom is -0.466 e. The predicted molar refractivity (Wildman–Crippen MR) is 361 cm³/mol. The molecule has 0 aromatic rings. The average molecular weight is 1150 g/mol. The normalized spacial score (nSPS) is 12.7. The average Bonchev–Trinajstić information content (AvgIpc) is 3.48. The van der Waals surface area contributed by atoms with Crippen LogP contribution < -0.4 is 5.32 Å². The molecule has 0 aromatic heterocycles. The van der Waals surface area contributed by atoms with E-state index in [1.807, 2.05) is 6.08 Å². The van der Waals surface area contributed by atoms with Crippen molar-refractivity contribution in [2.45, 2.75) is 424 Å². The third-order valence-electron chi connectivity index (χ3n) is 17.4. The van der Waals surface area contributed by atoms with E-state index in [9.17, 15) is 19.8 Å². The molecular formula is C76H145NO5. The molecule has 484 valence electrons. The second kappa shape index (κ2) is 71.6. The Bertz CT molecular complexity index is 1330. The number of unbranched alkanes of at least 4 members (excludes halogenated alkanes) is 55. The summed E-state index contributed by atoms with van der Waals surface area (Å²) >= 11 is 0. The van der Waals surface area contributed by atoms with Gasteiger partial charge in [-0.25, -0.2) is 0 Å². The summed E-state index contributed by atoms with van der Waals surface area (Å²) < 4.78 is 5.49. The van der Waals surface area contributed by atoms with Crippen LogP contribution in [0.5, 0.6) is 0 Å². The minimum atomic E-state index is -0.847. The Kier molecular flexibility index (Phi) is 69.9. The molecule has 0 rings (SSSR count). The first-order valence-electron chi connectivity index (χ1n) is 37.3. The van der Waals surface area contributed by atoms with Crippen molar-refractivity contribution in [2.24, 2.45) is 0 Å². The molecule has 0 radical (unpaired) electrons. The van der Waals surface area contributed by atoms with Gasteiger partial charge in [0.25, 0.3) is 0 Å². The SMILES string of the molecule is CCCCCCC/C=C\CCCCCCCC(=O)OCCCCCCCCCCCCCC/C=C\CCCCCCCCCCCCCC(=O)NC(CO)C(O)/C=C/CCCCCCCCCCCCCCCCCCCCCCCC. The van der Waals surface area contributed by atoms with Crippen molar-refractivity contribution < 1.29 is 24.5 Å². The summed E-state index contributed by atoms with van der Waals surface area (Å²) in [5.74, 6) is -0.0577. The summed E-state index contributed by atoms with van der Waals surface area (Å²) in [4.78, 5) is 24.6. The number of esters is 1. The van der Waals surface area contributed by atoms with Crippen molar-refractivity contribution in [1.82, 2.24) is 5.32 Å². The Hall–Kier alpha value is -1.92. The molecular weight excluding hydrogens is 1010 g/mol. The zero-order valence-corrected chi connectivity index (χ0v) is 55.5. The standard InChI is InChI=1S/C76H145NO5/c1-3-5-7-9-11-13-15-17-19-20-21-22-23-29-32-35-38-41-44-48-52-56-60-64-68-74(79)73(72-78)77-75(80)69-65-61-57-53-49-45-42-39-36-33-30-27-25-24-26-28-31-34-37-40-43-47-51-55-59-63-67-71-82-76(81)70-66-62-58-54-50-46-18-16-14-12-10-8-6-4-2/h16,18,24-25,64,68,73-74,78-79H,3-15,17,19-23,26-63,65-67,69-72H2,1-2H3,(H,77,80)/b18-16-,25-24-,68-64+. The van der Waals surface area contributed by atoms with Gasteiger partial charge >= 0.3 is 5.97 Å². The summed E-state index contributed by atoms with van der Waals surface area (Å²) in [7, 11) is 0. The number of carbonyl (C=O) groups is 2. The van der Waals surface area contributed by atoms with Gasteiger partial charge in [-0.05, 0) is 83.5 Å². The first-order chi connectivity index (χ1) is 40.5. The van der Waals surface area contributed by atoms with Crippen LogP contribution in [0.4, 0.5) is 0 Å². The molecule has 1 amide bonds. The van der Waals surface area contributed by atoms with Crippen molar-refractivity contribution in [3.63, 3.8) is 0 Å². The lowest BCUT2D eigenvalue weighted by atomic mass is 10.0. The van der Waals surface area contributed by atoms with Gasteiger partial charge in [-0.2, -0.15) is 0 Å². The summed E-state index contributed by atoms with van der Waals surface area (Å²) in [6.45, 7) is 4.93. The van der Waals surface area contributed by atoms with Gasteiger partial charge in [-0.3, -0.25) is 9.59 Å². The van der Waals surface area contributed by atoms with Crippen LogP contribution in [0.1, 0.15) is 412 Å². The Labute approximate surface area is 513 Å². The van der Waals surface area contributed by atoms with Crippen LogP contribution in [0.3, 0.4) is 0 Å². The number of allylic oxidation sites excluding steroid dienone is 5. The Morgan fingerprint density at radius 3 is 0.866 bits per heavy atom. The highest BCUT2D eigenvalue weighted by atomic mass is 16.5. The van der Waals surface area contributed by atoms with Gasteiger partial charge < -0.3 is 20.3 Å². The largest absolute Gasteiger partial charge is 0.466 e. The van der Waals surface area contributed by atoms with Crippen molar-refractivity contribution in [1.29, 1.82) is 0 Å². The molecule has 0 saturated carbocycles. The van der Waals surface area contributed by atoms with E-state index in [0.29, 0.717) is 19.4 Å². The van der Waals surface area contributed by atoms with E-state index in [1.165, 1.54) is 340 Å². The number of hydrogen-bond donors (Lipinski definition) is 3. The maximum atomic E-state index is 12.5. The van der Waals surface area contributed by atoms with Gasteiger partial charge in [0.15, 0.2) is 0 Å². The van der Waals surface area contributed by atoms with Crippen LogP contribution in [0.25, 0.3) is 0 Å². The summed E-state index contributed by atoms with van der Waals surface area (Å²) in [5, 5.41) is 23.3. The number of nitrogens with one attached hydrogen (secondary N) is 1. The number of aliphatic hydroxyl groups excluding tert-OH is 2. The molecule has 0 aliphatic carbocycles. The van der Waals surface area contributed by atoms with Crippen molar-refractivity contribution in [3.8, 4) is 0 Å². The monoisotopic (exact) mass is 1150 g/mol. The molecule has 3 N–H and O–H groups in total. The molecule has 0 aliphatic rings. The number of hydrogen-bond acceptors (Lipinski definition) is 5. The van der Waals surface area contributed by atoms with E-state index in [-0.39, 0.29) is 18.5 Å². The number of carbonyl (C=O) groups excluding carboxylic acids is 2. The molecule has 0 saturated heterocycles. The van der Waals surface area contributed by atoms with E-state index in [4.69, 9.17) is 4.74 Å². The van der Waals surface area contributed by atoms with Crippen LogP contribution in [0.2, 0.25) is 0 Å². The van der Waals surface area contributed by atoms with Crippen LogP contribution in [0, 0.1) is 0 Å². The summed E-state index contributed by atoms with van der Waals surface area (Å²) in [6.07, 6.45) is 92.4. The first kappa shape index (κ1) is 80.1. The molecule has 2 atom stereocenters. The van der Waals surface area contributed by atoms with E-state index >= 15 is 0 Å². The number of rotatable bonds is 70. The van der Waals surface area contributed by atoms with Crippen LogP contribution in [-0.2, 0) is 14.3 Å². The van der Waals surface area contributed by atoms with E-state index in [1.54, 1.807) is 6.08 Å². The van der Waals surface area contributed by atoms with E-state index in [2.05, 4.69) is 43.5 Å². The maximum absolute atomic E-state index is 12.5. The zero-order chi connectivity index (χ0) is 59.2. The third kappa shape index (κ3) is 67.2. The van der Waals surface area contributed by atoms with Gasteiger partial charge in [-0.15, -0.1) is 0 Å². The fraction of sp³-hybridized carbons (Fsp3) is 0.895. The zero-order valence-electron chi connectivity index (χ0n) is 55.5. The van der Waals surface area contributed by atoms with Crippen LogP contribution >= 0.6 is 0 Å². The highest BCUT2D eigenvalue weighted by Gasteiger charge is 2.18. The first-order valence-corrected chi connectivity index (χ1v) is 37.3. The second-order valence-electron chi connectivity index (χ2n) is 25.6. The van der Waals surface area contributed by atoms with Crippen molar-refractivity contribution in [3.05, 3.63) is 36.5 Å². The smallest absolute Gasteiger partial charge is 0.305 e. The molecule has 6 heteroatoms. The Balaban J connectivity index is 3.41. The van der Waals surface area contributed by atoms with Gasteiger partial charge in [0.05, 0.1) is 25.4 Å². The predicted octanol–water partition coefficient (Wildman–Crippen LogP) is 24.3. The van der Waals surface area contributed by atoms with Gasteiger partial charge in [0.2, 0.25) is 5.91 Å². The van der Waals surface area contributed by atoms with E-state index < -0.39 is 12.1 Å². The van der Waals surface area contributed by atoms with Gasteiger partial charge in [0, 0.05) is 12.8 Å². The molecule has 0 heterocycles. The molecule has 0 aliphatic heterocycles. The fourth-order valence-electron chi connectivity index (χ4n) is 11.7. The molecule has 82 heavy (non-hydrogen) atoms. The Morgan fingerprint density at radius 1 is 0.329 bits per heavy atom. The van der Waals surface area contributed by atoms with Gasteiger partial charge in [-0.1, -0.05) is 352 Å². The van der Waals surface area contributed by atoms with Gasteiger partial charge in [0.1, 0.15) is 0 Å². The minimum absolute atomic E-state index is 0.00677. The highest BCUT2D eigenvalue weighted by molar-refractivity contribution is 5.76. The quantitative estimate of drug-likeness (QED) is 0.0320. The second-order valence-corrected chi connectivity index (χ2v) is 25.6. The van der Waals surface area contributed by atoms with Crippen LogP contribution in [0.15, 0.2) is 36.5 Å².